The van der Waals surface area contributed by atoms with Crippen LogP contribution in [0.1, 0.15) is 11.7 Å². The van der Waals surface area contributed by atoms with E-state index in [1.165, 1.54) is 25.3 Å². The number of methoxy groups -OCH3 is 1. The van der Waals surface area contributed by atoms with Crippen LogP contribution in [0.25, 0.3) is 0 Å². The number of ether oxygens (including phenoxy) is 1. The standard InChI is InChI=1S/C9H9ClN2O4/c1-16-8(9(11)13)6-4-5(12(14)15)2-3-7(6)10/h2-4,8H,1H3,(H2,11,13). The first-order valence-corrected chi connectivity index (χ1v) is 4.61. The van der Waals surface area contributed by atoms with Crippen molar-refractivity contribution in [3.8, 4) is 0 Å². The Labute approximate surface area is 96.1 Å². The van der Waals surface area contributed by atoms with Crippen molar-refractivity contribution in [2.24, 2.45) is 5.73 Å². The van der Waals surface area contributed by atoms with E-state index in [0.29, 0.717) is 0 Å². The van der Waals surface area contributed by atoms with Crippen LogP contribution in [0.5, 0.6) is 0 Å². The summed E-state index contributed by atoms with van der Waals surface area (Å²) < 4.78 is 4.83. The minimum Gasteiger partial charge on any atom is -0.367 e. The van der Waals surface area contributed by atoms with Crippen LogP contribution in [0.2, 0.25) is 5.02 Å². The number of nitro groups is 1. The van der Waals surface area contributed by atoms with Gasteiger partial charge in [-0.05, 0) is 6.07 Å². The second-order valence-electron chi connectivity index (χ2n) is 2.98. The number of amides is 1. The highest BCUT2D eigenvalue weighted by atomic mass is 35.5. The molecule has 0 aliphatic rings. The van der Waals surface area contributed by atoms with Gasteiger partial charge >= 0.3 is 0 Å². The van der Waals surface area contributed by atoms with E-state index in [1.54, 1.807) is 0 Å². The monoisotopic (exact) mass is 244 g/mol. The van der Waals surface area contributed by atoms with Gasteiger partial charge in [-0.25, -0.2) is 0 Å². The predicted octanol–water partition coefficient (Wildman–Crippen LogP) is 1.42. The molecule has 1 amide bonds. The Hall–Kier alpha value is -1.66. The molecule has 7 heteroatoms. The average Bonchev–Trinajstić information content (AvgIpc) is 2.20. The Morgan fingerprint density at radius 3 is 2.69 bits per heavy atom. The molecule has 0 bridgehead atoms. The van der Waals surface area contributed by atoms with Crippen LogP contribution in [0.15, 0.2) is 18.2 Å². The number of nitrogens with zero attached hydrogens (tertiary/aromatic N) is 1. The summed E-state index contributed by atoms with van der Waals surface area (Å²) in [4.78, 5) is 21.0. The Bertz CT molecular complexity index is 436. The van der Waals surface area contributed by atoms with Gasteiger partial charge in [0.05, 0.1) is 4.92 Å². The lowest BCUT2D eigenvalue weighted by molar-refractivity contribution is -0.385. The quantitative estimate of drug-likeness (QED) is 0.640. The van der Waals surface area contributed by atoms with Crippen molar-refractivity contribution in [1.29, 1.82) is 0 Å². The zero-order chi connectivity index (χ0) is 12.3. The molecule has 1 rings (SSSR count). The van der Waals surface area contributed by atoms with E-state index in [2.05, 4.69) is 0 Å². The highest BCUT2D eigenvalue weighted by Crippen LogP contribution is 2.28. The molecule has 0 spiro atoms. The van der Waals surface area contributed by atoms with E-state index >= 15 is 0 Å². The molecule has 86 valence electrons. The Balaban J connectivity index is 3.25. The molecule has 0 aliphatic carbocycles. The summed E-state index contributed by atoms with van der Waals surface area (Å²) in [6.07, 6.45) is -1.09. The molecule has 0 heterocycles. The molecular formula is C9H9ClN2O4. The molecule has 0 radical (unpaired) electrons. The van der Waals surface area contributed by atoms with Crippen molar-refractivity contribution in [3.05, 3.63) is 38.9 Å². The molecule has 0 saturated heterocycles. The molecule has 6 nitrogen and oxygen atoms in total. The van der Waals surface area contributed by atoms with Crippen molar-refractivity contribution >= 4 is 23.2 Å². The topological polar surface area (TPSA) is 95.5 Å². The van der Waals surface area contributed by atoms with Gasteiger partial charge in [-0.1, -0.05) is 11.6 Å². The van der Waals surface area contributed by atoms with Gasteiger partial charge in [-0.3, -0.25) is 14.9 Å². The maximum absolute atomic E-state index is 11.0. The van der Waals surface area contributed by atoms with Crippen LogP contribution < -0.4 is 5.73 Å². The second kappa shape index (κ2) is 4.91. The molecular weight excluding hydrogens is 236 g/mol. The third kappa shape index (κ3) is 2.47. The second-order valence-corrected chi connectivity index (χ2v) is 3.39. The van der Waals surface area contributed by atoms with Crippen LogP contribution in [0.3, 0.4) is 0 Å². The summed E-state index contributed by atoms with van der Waals surface area (Å²) in [5.41, 5.74) is 5.09. The van der Waals surface area contributed by atoms with E-state index in [0.717, 1.165) is 0 Å². The SMILES string of the molecule is COC(C(N)=O)c1cc([N+](=O)[O-])ccc1Cl. The van der Waals surface area contributed by atoms with Crippen LogP contribution in [-0.4, -0.2) is 17.9 Å². The summed E-state index contributed by atoms with van der Waals surface area (Å²) in [6.45, 7) is 0. The summed E-state index contributed by atoms with van der Waals surface area (Å²) in [5, 5.41) is 10.7. The van der Waals surface area contributed by atoms with Crippen molar-refractivity contribution in [3.63, 3.8) is 0 Å². The minimum absolute atomic E-state index is 0.178. The highest BCUT2D eigenvalue weighted by Gasteiger charge is 2.22. The first-order chi connectivity index (χ1) is 7.47. The Kier molecular flexibility index (Phi) is 3.81. The fraction of sp³-hybridized carbons (Fsp3) is 0.222. The van der Waals surface area contributed by atoms with E-state index in [-0.39, 0.29) is 16.3 Å². The molecule has 0 aliphatic heterocycles. The number of carbonyl (C=O) groups is 1. The van der Waals surface area contributed by atoms with Gasteiger partial charge in [0.15, 0.2) is 6.10 Å². The third-order valence-corrected chi connectivity index (χ3v) is 2.31. The summed E-state index contributed by atoms with van der Waals surface area (Å²) >= 11 is 5.81. The van der Waals surface area contributed by atoms with Crippen LogP contribution in [0, 0.1) is 10.1 Å². The molecule has 16 heavy (non-hydrogen) atoms. The number of carbonyl (C=O) groups excluding carboxylic acids is 1. The molecule has 0 saturated carbocycles. The fourth-order valence-electron chi connectivity index (χ4n) is 1.24. The lowest BCUT2D eigenvalue weighted by Crippen LogP contribution is -2.23. The molecule has 1 aromatic rings. The molecule has 0 aromatic heterocycles. The molecule has 1 unspecified atom stereocenters. The number of halogens is 1. The fourth-order valence-corrected chi connectivity index (χ4v) is 1.46. The van der Waals surface area contributed by atoms with Crippen molar-refractivity contribution in [1.82, 2.24) is 0 Å². The van der Waals surface area contributed by atoms with Gasteiger partial charge < -0.3 is 10.5 Å². The number of non-ortho nitro benzene ring substituents is 1. The van der Waals surface area contributed by atoms with E-state index in [9.17, 15) is 14.9 Å². The highest BCUT2D eigenvalue weighted by molar-refractivity contribution is 6.31. The van der Waals surface area contributed by atoms with Crippen LogP contribution in [0.4, 0.5) is 5.69 Å². The first-order valence-electron chi connectivity index (χ1n) is 4.23. The summed E-state index contributed by atoms with van der Waals surface area (Å²) in [7, 11) is 1.27. The molecule has 1 atom stereocenters. The van der Waals surface area contributed by atoms with Crippen molar-refractivity contribution < 1.29 is 14.5 Å². The van der Waals surface area contributed by atoms with Gasteiger partial charge in [0, 0.05) is 29.8 Å². The number of nitro benzene ring substituents is 1. The lowest BCUT2D eigenvalue weighted by atomic mass is 10.1. The van der Waals surface area contributed by atoms with Gasteiger partial charge in [0.2, 0.25) is 0 Å². The van der Waals surface area contributed by atoms with E-state index in [4.69, 9.17) is 22.1 Å². The van der Waals surface area contributed by atoms with E-state index in [1.807, 2.05) is 0 Å². The number of hydrogen-bond acceptors (Lipinski definition) is 4. The molecule has 2 N–H and O–H groups in total. The van der Waals surface area contributed by atoms with Crippen LogP contribution >= 0.6 is 11.6 Å². The number of rotatable bonds is 4. The number of primary amides is 1. The summed E-state index contributed by atoms with van der Waals surface area (Å²) in [6, 6.07) is 3.73. The Morgan fingerprint density at radius 1 is 1.62 bits per heavy atom. The molecule has 0 fully saturated rings. The maximum atomic E-state index is 11.0. The normalized spacial score (nSPS) is 12.1. The predicted molar refractivity (Wildman–Crippen MR) is 57.1 cm³/mol. The van der Waals surface area contributed by atoms with Gasteiger partial charge in [-0.2, -0.15) is 0 Å². The largest absolute Gasteiger partial charge is 0.367 e. The number of nitrogens with two attached hydrogens (primary N) is 1. The van der Waals surface area contributed by atoms with Crippen molar-refractivity contribution in [2.75, 3.05) is 7.11 Å². The van der Waals surface area contributed by atoms with Crippen LogP contribution in [-0.2, 0) is 9.53 Å². The number of benzene rings is 1. The van der Waals surface area contributed by atoms with Gasteiger partial charge in [0.1, 0.15) is 0 Å². The Morgan fingerprint density at radius 2 is 2.25 bits per heavy atom. The number of hydrogen-bond donors (Lipinski definition) is 1. The summed E-state index contributed by atoms with van der Waals surface area (Å²) in [5.74, 6) is -0.759. The first kappa shape index (κ1) is 12.4. The van der Waals surface area contributed by atoms with Crippen molar-refractivity contribution in [2.45, 2.75) is 6.10 Å². The molecule has 1 aromatic carbocycles. The lowest BCUT2D eigenvalue weighted by Gasteiger charge is -2.12. The average molecular weight is 245 g/mol. The minimum atomic E-state index is -1.09. The third-order valence-electron chi connectivity index (χ3n) is 1.97. The maximum Gasteiger partial charge on any atom is 0.269 e. The van der Waals surface area contributed by atoms with Gasteiger partial charge in [0.25, 0.3) is 11.6 Å². The zero-order valence-electron chi connectivity index (χ0n) is 8.34. The van der Waals surface area contributed by atoms with E-state index < -0.39 is 16.9 Å². The van der Waals surface area contributed by atoms with Gasteiger partial charge in [-0.15, -0.1) is 0 Å². The smallest absolute Gasteiger partial charge is 0.269 e. The zero-order valence-corrected chi connectivity index (χ0v) is 9.10.